The van der Waals surface area contributed by atoms with Crippen molar-refractivity contribution in [3.63, 3.8) is 0 Å². The molecule has 0 radical (unpaired) electrons. The number of aliphatic hydroxyl groups excluding tert-OH is 2. The zero-order valence-corrected chi connectivity index (χ0v) is 10.5. The first kappa shape index (κ1) is 13.7. The Morgan fingerprint density at radius 2 is 2.05 bits per heavy atom. The first-order chi connectivity index (χ1) is 9.06. The Kier molecular flexibility index (Phi) is 3.94. The number of hydrogen-bond donors (Lipinski definition) is 2. The molecular formula is C12H11ClN2O4. The van der Waals surface area contributed by atoms with Gasteiger partial charge in [-0.1, -0.05) is 0 Å². The van der Waals surface area contributed by atoms with Gasteiger partial charge in [-0.05, 0) is 23.1 Å². The third kappa shape index (κ3) is 2.51. The summed E-state index contributed by atoms with van der Waals surface area (Å²) in [5.74, 6) is -0.134. The van der Waals surface area contributed by atoms with Crippen molar-refractivity contribution in [1.29, 1.82) is 0 Å². The van der Waals surface area contributed by atoms with E-state index in [2.05, 4.69) is 4.98 Å². The lowest BCUT2D eigenvalue weighted by atomic mass is 9.98. The van der Waals surface area contributed by atoms with E-state index >= 15 is 0 Å². The summed E-state index contributed by atoms with van der Waals surface area (Å²) in [4.78, 5) is 14.3. The predicted octanol–water partition coefficient (Wildman–Crippen LogP) is 1.78. The fourth-order valence-corrected chi connectivity index (χ4v) is 2.08. The highest BCUT2D eigenvalue weighted by Gasteiger charge is 2.22. The van der Waals surface area contributed by atoms with Crippen molar-refractivity contribution in [2.24, 2.45) is 0 Å². The molecule has 0 aliphatic rings. The summed E-state index contributed by atoms with van der Waals surface area (Å²) >= 11 is 5.50. The molecule has 2 N–H and O–H groups in total. The normalized spacial score (nSPS) is 14.3. The molecule has 0 spiro atoms. The topological polar surface area (TPSA) is 96.5 Å². The molecule has 0 aliphatic heterocycles. The molecule has 2 atom stereocenters. The Labute approximate surface area is 113 Å². The summed E-state index contributed by atoms with van der Waals surface area (Å²) in [5.41, 5.74) is 0.288. The molecule has 0 fully saturated rings. The number of aromatic nitrogens is 1. The van der Waals surface area contributed by atoms with Gasteiger partial charge >= 0.3 is 0 Å². The van der Waals surface area contributed by atoms with Crippen LogP contribution in [-0.2, 0) is 0 Å². The number of nitro groups is 1. The van der Waals surface area contributed by atoms with E-state index in [-0.39, 0.29) is 11.6 Å². The maximum atomic E-state index is 10.9. The maximum Gasteiger partial charge on any atom is 0.278 e. The second kappa shape index (κ2) is 5.48. The Morgan fingerprint density at radius 3 is 2.68 bits per heavy atom. The van der Waals surface area contributed by atoms with Crippen molar-refractivity contribution in [3.05, 3.63) is 46.3 Å². The van der Waals surface area contributed by atoms with Crippen LogP contribution in [0.1, 0.15) is 11.7 Å². The number of aliphatic hydroxyl groups is 2. The molecule has 0 amide bonds. The summed E-state index contributed by atoms with van der Waals surface area (Å²) in [6.07, 6.45) is 0.481. The van der Waals surface area contributed by atoms with Crippen LogP contribution in [0, 0.1) is 10.1 Å². The molecule has 2 rings (SSSR count). The second-order valence-corrected chi connectivity index (χ2v) is 4.33. The summed E-state index contributed by atoms with van der Waals surface area (Å²) < 4.78 is 0. The predicted molar refractivity (Wildman–Crippen MR) is 70.1 cm³/mol. The number of nitro benzene ring substituents is 1. The van der Waals surface area contributed by atoms with Gasteiger partial charge in [0.05, 0.1) is 22.3 Å². The van der Waals surface area contributed by atoms with Gasteiger partial charge in [-0.2, -0.15) is 0 Å². The van der Waals surface area contributed by atoms with E-state index in [4.69, 9.17) is 11.6 Å². The van der Waals surface area contributed by atoms with Crippen LogP contribution in [0.2, 0.25) is 0 Å². The van der Waals surface area contributed by atoms with Gasteiger partial charge in [-0.15, -0.1) is 11.6 Å². The molecular weight excluding hydrogens is 272 g/mol. The lowest BCUT2D eigenvalue weighted by Crippen LogP contribution is -2.20. The minimum atomic E-state index is -1.21. The van der Waals surface area contributed by atoms with Gasteiger partial charge in [0, 0.05) is 18.5 Å². The highest BCUT2D eigenvalue weighted by Crippen LogP contribution is 2.32. The standard InChI is InChI=1S/C12H11ClN2O4/c13-5-11(16)12(17)8-1-2-10(15(18)19)9-6-14-4-3-7(8)9/h1-4,6,11-12,16-17H,5H2. The number of fused-ring (bicyclic) bond motifs is 1. The lowest BCUT2D eigenvalue weighted by Gasteiger charge is -2.17. The fourth-order valence-electron chi connectivity index (χ4n) is 1.91. The first-order valence-electron chi connectivity index (χ1n) is 5.49. The molecule has 19 heavy (non-hydrogen) atoms. The number of non-ortho nitro benzene ring substituents is 1. The Balaban J connectivity index is 2.65. The van der Waals surface area contributed by atoms with Gasteiger partial charge in [0.1, 0.15) is 6.10 Å². The Bertz CT molecular complexity index is 620. The average molecular weight is 283 g/mol. The zero-order valence-electron chi connectivity index (χ0n) is 9.73. The van der Waals surface area contributed by atoms with Crippen LogP contribution < -0.4 is 0 Å². The van der Waals surface area contributed by atoms with Crippen molar-refractivity contribution >= 4 is 28.1 Å². The van der Waals surface area contributed by atoms with Crippen LogP contribution in [0.5, 0.6) is 0 Å². The van der Waals surface area contributed by atoms with Gasteiger partial charge in [0.2, 0.25) is 0 Å². The SMILES string of the molecule is O=[N+]([O-])c1ccc(C(O)C(O)CCl)c2ccncc12. The summed E-state index contributed by atoms with van der Waals surface area (Å²) in [6, 6.07) is 4.26. The fraction of sp³-hybridized carbons (Fsp3) is 0.250. The van der Waals surface area contributed by atoms with E-state index in [0.29, 0.717) is 16.3 Å². The van der Waals surface area contributed by atoms with E-state index < -0.39 is 17.1 Å². The van der Waals surface area contributed by atoms with Crippen LogP contribution >= 0.6 is 11.6 Å². The zero-order chi connectivity index (χ0) is 14.0. The van der Waals surface area contributed by atoms with Crippen LogP contribution in [0.3, 0.4) is 0 Å². The maximum absolute atomic E-state index is 10.9. The number of hydrogen-bond acceptors (Lipinski definition) is 5. The largest absolute Gasteiger partial charge is 0.389 e. The van der Waals surface area contributed by atoms with Crippen molar-refractivity contribution in [1.82, 2.24) is 4.98 Å². The molecule has 1 heterocycles. The molecule has 0 bridgehead atoms. The van der Waals surface area contributed by atoms with Crippen LogP contribution in [0.4, 0.5) is 5.69 Å². The quantitative estimate of drug-likeness (QED) is 0.506. The number of nitrogens with zero attached hydrogens (tertiary/aromatic N) is 2. The van der Waals surface area contributed by atoms with E-state index in [0.717, 1.165) is 0 Å². The van der Waals surface area contributed by atoms with Crippen molar-refractivity contribution in [2.75, 3.05) is 5.88 Å². The minimum Gasteiger partial charge on any atom is -0.389 e. The number of rotatable bonds is 4. The smallest absolute Gasteiger partial charge is 0.278 e. The molecule has 2 unspecified atom stereocenters. The van der Waals surface area contributed by atoms with Gasteiger partial charge < -0.3 is 10.2 Å². The number of alkyl halides is 1. The Hall–Kier alpha value is -1.76. The van der Waals surface area contributed by atoms with Crippen LogP contribution in [0.25, 0.3) is 10.8 Å². The summed E-state index contributed by atoms with van der Waals surface area (Å²) in [5, 5.41) is 31.3. The van der Waals surface area contributed by atoms with Gasteiger partial charge in [-0.3, -0.25) is 15.1 Å². The van der Waals surface area contributed by atoms with E-state index in [1.807, 2.05) is 0 Å². The van der Waals surface area contributed by atoms with Crippen LogP contribution in [0.15, 0.2) is 30.6 Å². The Morgan fingerprint density at radius 1 is 1.32 bits per heavy atom. The van der Waals surface area contributed by atoms with Crippen LogP contribution in [-0.4, -0.2) is 32.1 Å². The van der Waals surface area contributed by atoms with Gasteiger partial charge in [0.25, 0.3) is 5.69 Å². The number of pyridine rings is 1. The highest BCUT2D eigenvalue weighted by atomic mass is 35.5. The summed E-state index contributed by atoms with van der Waals surface area (Å²) in [7, 11) is 0. The molecule has 1 aromatic heterocycles. The summed E-state index contributed by atoms with van der Waals surface area (Å²) in [6.45, 7) is 0. The number of benzene rings is 1. The van der Waals surface area contributed by atoms with E-state index in [9.17, 15) is 20.3 Å². The minimum absolute atomic E-state index is 0.0978. The molecule has 0 saturated heterocycles. The van der Waals surface area contributed by atoms with E-state index in [1.165, 1.54) is 24.5 Å². The lowest BCUT2D eigenvalue weighted by molar-refractivity contribution is -0.383. The molecule has 0 aliphatic carbocycles. The molecule has 6 nitrogen and oxygen atoms in total. The monoisotopic (exact) mass is 282 g/mol. The second-order valence-electron chi connectivity index (χ2n) is 4.02. The molecule has 100 valence electrons. The number of halogens is 1. The van der Waals surface area contributed by atoms with Gasteiger partial charge in [0.15, 0.2) is 0 Å². The van der Waals surface area contributed by atoms with Crippen molar-refractivity contribution in [2.45, 2.75) is 12.2 Å². The molecule has 7 heteroatoms. The average Bonchev–Trinajstić information content (AvgIpc) is 2.44. The van der Waals surface area contributed by atoms with E-state index in [1.54, 1.807) is 6.07 Å². The first-order valence-corrected chi connectivity index (χ1v) is 6.02. The molecule has 1 aromatic carbocycles. The third-order valence-corrected chi connectivity index (χ3v) is 3.18. The van der Waals surface area contributed by atoms with Crippen molar-refractivity contribution < 1.29 is 15.1 Å². The van der Waals surface area contributed by atoms with Crippen molar-refractivity contribution in [3.8, 4) is 0 Å². The third-order valence-electron chi connectivity index (χ3n) is 2.87. The molecule has 2 aromatic rings. The van der Waals surface area contributed by atoms with Gasteiger partial charge in [-0.25, -0.2) is 0 Å². The highest BCUT2D eigenvalue weighted by molar-refractivity contribution is 6.18. The molecule has 0 saturated carbocycles.